The highest BCUT2D eigenvalue weighted by molar-refractivity contribution is 6.29. The van der Waals surface area contributed by atoms with Gasteiger partial charge in [0.25, 0.3) is 0 Å². The van der Waals surface area contributed by atoms with Gasteiger partial charge in [0.1, 0.15) is 0 Å². The van der Waals surface area contributed by atoms with Crippen LogP contribution in [0.15, 0.2) is 134 Å². The van der Waals surface area contributed by atoms with Gasteiger partial charge in [-0.3, -0.25) is 4.57 Å². The number of benzene rings is 6. The zero-order chi connectivity index (χ0) is 26.2. The van der Waals surface area contributed by atoms with Gasteiger partial charge in [-0.15, -0.1) is 0 Å². The summed E-state index contributed by atoms with van der Waals surface area (Å²) in [7, 11) is 0. The molecule has 4 nitrogen and oxygen atoms in total. The van der Waals surface area contributed by atoms with Crippen molar-refractivity contribution in [2.45, 2.75) is 0 Å². The van der Waals surface area contributed by atoms with E-state index >= 15 is 0 Å². The lowest BCUT2D eigenvalue weighted by atomic mass is 9.99. The van der Waals surface area contributed by atoms with Crippen molar-refractivity contribution in [1.29, 1.82) is 0 Å². The number of aromatic nitrogens is 4. The first-order valence-electron chi connectivity index (χ1n) is 13.5. The molecule has 0 unspecified atom stereocenters. The summed E-state index contributed by atoms with van der Waals surface area (Å²) < 4.78 is 4.58. The summed E-state index contributed by atoms with van der Waals surface area (Å²) >= 11 is 0. The van der Waals surface area contributed by atoms with Crippen LogP contribution in [0.5, 0.6) is 0 Å². The SMILES string of the molecule is c1ccc(-n2c3ccccc3c3c4ccc5c(c4ccc32)c2ccccc2n5-c2ncc3ccccc3n2)cc1. The van der Waals surface area contributed by atoms with Crippen molar-refractivity contribution in [3.8, 4) is 11.6 Å². The lowest BCUT2D eigenvalue weighted by Gasteiger charge is -2.09. The molecule has 0 spiro atoms. The van der Waals surface area contributed by atoms with E-state index < -0.39 is 0 Å². The molecule has 6 aromatic carbocycles. The van der Waals surface area contributed by atoms with E-state index in [-0.39, 0.29) is 0 Å². The highest BCUT2D eigenvalue weighted by Crippen LogP contribution is 2.42. The first-order valence-corrected chi connectivity index (χ1v) is 13.5. The number of fused-ring (bicyclic) bond motifs is 10. The van der Waals surface area contributed by atoms with Crippen LogP contribution in [0.4, 0.5) is 0 Å². The zero-order valence-electron chi connectivity index (χ0n) is 21.5. The van der Waals surface area contributed by atoms with Gasteiger partial charge in [-0.25, -0.2) is 9.97 Å². The van der Waals surface area contributed by atoms with Gasteiger partial charge in [-0.1, -0.05) is 84.9 Å². The molecule has 0 aliphatic rings. The molecule has 0 bridgehead atoms. The second-order valence-electron chi connectivity index (χ2n) is 10.3. The molecule has 0 fully saturated rings. The average molecular weight is 511 g/mol. The average Bonchev–Trinajstić information content (AvgIpc) is 3.54. The van der Waals surface area contributed by atoms with Gasteiger partial charge in [0.05, 0.1) is 27.6 Å². The van der Waals surface area contributed by atoms with E-state index in [0.29, 0.717) is 5.95 Å². The predicted molar refractivity (Wildman–Crippen MR) is 166 cm³/mol. The first-order chi connectivity index (χ1) is 19.9. The predicted octanol–water partition coefficient (Wildman–Crippen LogP) is 8.98. The topological polar surface area (TPSA) is 35.6 Å². The van der Waals surface area contributed by atoms with Crippen molar-refractivity contribution in [2.24, 2.45) is 0 Å². The number of para-hydroxylation sites is 4. The quantitative estimate of drug-likeness (QED) is 0.233. The minimum absolute atomic E-state index is 0.686. The molecule has 9 rings (SSSR count). The summed E-state index contributed by atoms with van der Waals surface area (Å²) in [6.07, 6.45) is 1.92. The third kappa shape index (κ3) is 2.85. The first kappa shape index (κ1) is 21.5. The fraction of sp³-hybridized carbons (Fsp3) is 0. The normalized spacial score (nSPS) is 12.0. The van der Waals surface area contributed by atoms with E-state index in [4.69, 9.17) is 9.97 Å². The minimum atomic E-state index is 0.686. The molecule has 0 atom stereocenters. The number of rotatable bonds is 2. The molecule has 0 saturated carbocycles. The van der Waals surface area contributed by atoms with E-state index in [1.165, 1.54) is 49.0 Å². The van der Waals surface area contributed by atoms with Crippen LogP contribution in [0.3, 0.4) is 0 Å². The second-order valence-corrected chi connectivity index (χ2v) is 10.3. The molecule has 0 amide bonds. The highest BCUT2D eigenvalue weighted by Gasteiger charge is 2.20. The van der Waals surface area contributed by atoms with Crippen LogP contribution in [-0.4, -0.2) is 19.1 Å². The van der Waals surface area contributed by atoms with Crippen LogP contribution >= 0.6 is 0 Å². The molecular formula is C36H22N4. The van der Waals surface area contributed by atoms with Gasteiger partial charge < -0.3 is 4.57 Å². The molecule has 0 aliphatic carbocycles. The highest BCUT2D eigenvalue weighted by atomic mass is 15.2. The van der Waals surface area contributed by atoms with Crippen molar-refractivity contribution in [2.75, 3.05) is 0 Å². The molecular weight excluding hydrogens is 488 g/mol. The lowest BCUT2D eigenvalue weighted by Crippen LogP contribution is -2.00. The Hall–Kier alpha value is -5.48. The summed E-state index contributed by atoms with van der Waals surface area (Å²) in [5, 5.41) is 8.48. The van der Waals surface area contributed by atoms with Crippen LogP contribution in [0.2, 0.25) is 0 Å². The standard InChI is InChI=1S/C36H22N4/c1-2-11-24(12-3-1)39-30-16-8-5-13-27(30)34-25-19-21-33-35(26(25)18-20-32(34)39)28-14-6-9-17-31(28)40(33)36-37-22-23-10-4-7-15-29(23)38-36/h1-22H. The second kappa shape index (κ2) is 8.01. The molecule has 9 aromatic rings. The van der Waals surface area contributed by atoms with Crippen LogP contribution < -0.4 is 0 Å². The van der Waals surface area contributed by atoms with Gasteiger partial charge in [0.2, 0.25) is 5.95 Å². The lowest BCUT2D eigenvalue weighted by molar-refractivity contribution is 1.01. The molecule has 3 aromatic heterocycles. The van der Waals surface area contributed by atoms with Gasteiger partial charge in [-0.05, 0) is 53.2 Å². The Kier molecular flexibility index (Phi) is 4.30. The minimum Gasteiger partial charge on any atom is -0.309 e. The van der Waals surface area contributed by atoms with Gasteiger partial charge in [-0.2, -0.15) is 0 Å². The zero-order valence-corrected chi connectivity index (χ0v) is 21.5. The summed E-state index contributed by atoms with van der Waals surface area (Å²) in [6, 6.07) is 45.2. The van der Waals surface area contributed by atoms with E-state index in [0.717, 1.165) is 21.9 Å². The summed E-state index contributed by atoms with van der Waals surface area (Å²) in [5.41, 5.74) is 6.74. The summed E-state index contributed by atoms with van der Waals surface area (Å²) in [4.78, 5) is 9.78. The molecule has 0 N–H and O–H groups in total. The maximum Gasteiger partial charge on any atom is 0.235 e. The third-order valence-corrected chi connectivity index (χ3v) is 8.16. The molecule has 40 heavy (non-hydrogen) atoms. The summed E-state index contributed by atoms with van der Waals surface area (Å²) in [6.45, 7) is 0. The third-order valence-electron chi connectivity index (χ3n) is 8.16. The molecule has 0 saturated heterocycles. The Balaban J connectivity index is 1.43. The van der Waals surface area contributed by atoms with Crippen LogP contribution in [0.25, 0.3) is 76.9 Å². The smallest absolute Gasteiger partial charge is 0.235 e. The van der Waals surface area contributed by atoms with E-state index in [1.54, 1.807) is 0 Å². The van der Waals surface area contributed by atoms with E-state index in [2.05, 4.69) is 118 Å². The van der Waals surface area contributed by atoms with Crippen LogP contribution in [-0.2, 0) is 0 Å². The Morgan fingerprint density at radius 3 is 1.73 bits per heavy atom. The number of hydrogen-bond donors (Lipinski definition) is 0. The number of hydrogen-bond acceptors (Lipinski definition) is 2. The van der Waals surface area contributed by atoms with Crippen LogP contribution in [0, 0.1) is 0 Å². The van der Waals surface area contributed by atoms with Gasteiger partial charge >= 0.3 is 0 Å². The fourth-order valence-corrected chi connectivity index (χ4v) is 6.48. The van der Waals surface area contributed by atoms with Crippen molar-refractivity contribution in [3.05, 3.63) is 134 Å². The number of nitrogens with zero attached hydrogens (tertiary/aromatic N) is 4. The van der Waals surface area contributed by atoms with Crippen molar-refractivity contribution in [1.82, 2.24) is 19.1 Å². The van der Waals surface area contributed by atoms with Crippen molar-refractivity contribution >= 4 is 65.3 Å². The monoisotopic (exact) mass is 510 g/mol. The molecule has 0 radical (unpaired) electrons. The van der Waals surface area contributed by atoms with Gasteiger partial charge in [0, 0.05) is 38.8 Å². The Labute approximate surface area is 229 Å². The van der Waals surface area contributed by atoms with Gasteiger partial charge in [0.15, 0.2) is 0 Å². The molecule has 186 valence electrons. The molecule has 4 heteroatoms. The van der Waals surface area contributed by atoms with Crippen molar-refractivity contribution in [3.63, 3.8) is 0 Å². The maximum atomic E-state index is 4.97. The summed E-state index contributed by atoms with van der Waals surface area (Å²) in [5.74, 6) is 0.686. The van der Waals surface area contributed by atoms with Crippen molar-refractivity contribution < 1.29 is 0 Å². The maximum absolute atomic E-state index is 4.97. The molecule has 0 aliphatic heterocycles. The molecule has 3 heterocycles. The largest absolute Gasteiger partial charge is 0.309 e. The van der Waals surface area contributed by atoms with E-state index in [1.807, 2.05) is 24.4 Å². The van der Waals surface area contributed by atoms with E-state index in [9.17, 15) is 0 Å². The Morgan fingerprint density at radius 2 is 1.00 bits per heavy atom. The van der Waals surface area contributed by atoms with Crippen LogP contribution in [0.1, 0.15) is 0 Å². The Bertz CT molecular complexity index is 2430. The Morgan fingerprint density at radius 1 is 0.425 bits per heavy atom. The fourth-order valence-electron chi connectivity index (χ4n) is 6.48.